The number of hydrogen-bond donors (Lipinski definition) is 1. The standard InChI is InChI=1S/C11H19FO4/c1-10(2,3)16-9(15)7(8(13)14)6-11(4,5)12/h7H,6H2,1-5H3,(H,13,14)/t7-/m0/s1. The van der Waals surface area contributed by atoms with E-state index in [1.807, 2.05) is 0 Å². The van der Waals surface area contributed by atoms with Crippen molar-refractivity contribution in [2.45, 2.75) is 52.3 Å². The average molecular weight is 234 g/mol. The maximum Gasteiger partial charge on any atom is 0.320 e. The molecule has 0 amide bonds. The molecule has 0 spiro atoms. The van der Waals surface area contributed by atoms with E-state index in [2.05, 4.69) is 0 Å². The Labute approximate surface area is 94.8 Å². The van der Waals surface area contributed by atoms with Gasteiger partial charge in [-0.15, -0.1) is 0 Å². The number of hydrogen-bond acceptors (Lipinski definition) is 3. The molecule has 0 rings (SSSR count). The van der Waals surface area contributed by atoms with Gasteiger partial charge in [-0.3, -0.25) is 9.59 Å². The summed E-state index contributed by atoms with van der Waals surface area (Å²) < 4.78 is 18.2. The van der Waals surface area contributed by atoms with Crippen LogP contribution in [0.4, 0.5) is 4.39 Å². The zero-order valence-electron chi connectivity index (χ0n) is 10.3. The first kappa shape index (κ1) is 14.9. The van der Waals surface area contributed by atoms with Gasteiger partial charge in [0, 0.05) is 6.42 Å². The van der Waals surface area contributed by atoms with Gasteiger partial charge in [0.25, 0.3) is 0 Å². The van der Waals surface area contributed by atoms with Gasteiger partial charge in [-0.1, -0.05) is 0 Å². The molecule has 0 aliphatic heterocycles. The average Bonchev–Trinajstić information content (AvgIpc) is 1.94. The van der Waals surface area contributed by atoms with E-state index in [-0.39, 0.29) is 0 Å². The fourth-order valence-corrected chi connectivity index (χ4v) is 1.13. The first-order valence-corrected chi connectivity index (χ1v) is 5.07. The molecule has 5 heteroatoms. The Bertz CT molecular complexity index is 273. The van der Waals surface area contributed by atoms with Gasteiger partial charge >= 0.3 is 11.9 Å². The molecule has 0 aromatic carbocycles. The number of esters is 1. The smallest absolute Gasteiger partial charge is 0.320 e. The molecule has 0 aromatic heterocycles. The number of carboxylic acids is 1. The van der Waals surface area contributed by atoms with Crippen LogP contribution in [0.3, 0.4) is 0 Å². The van der Waals surface area contributed by atoms with Crippen molar-refractivity contribution in [2.75, 3.05) is 0 Å². The Hall–Kier alpha value is -1.13. The van der Waals surface area contributed by atoms with Crippen molar-refractivity contribution in [3.8, 4) is 0 Å². The van der Waals surface area contributed by atoms with Crippen LogP contribution in [0.2, 0.25) is 0 Å². The van der Waals surface area contributed by atoms with Gasteiger partial charge in [-0.2, -0.15) is 0 Å². The molecule has 0 fully saturated rings. The van der Waals surface area contributed by atoms with E-state index < -0.39 is 35.5 Å². The molecule has 0 heterocycles. The third kappa shape index (κ3) is 6.37. The molecule has 0 aliphatic carbocycles. The Balaban J connectivity index is 4.68. The van der Waals surface area contributed by atoms with Crippen molar-refractivity contribution in [3.05, 3.63) is 0 Å². The monoisotopic (exact) mass is 234 g/mol. The van der Waals surface area contributed by atoms with Crippen molar-refractivity contribution in [2.24, 2.45) is 5.92 Å². The number of carbonyl (C=O) groups excluding carboxylic acids is 1. The summed E-state index contributed by atoms with van der Waals surface area (Å²) in [4.78, 5) is 22.3. The molecule has 0 radical (unpaired) electrons. The molecule has 0 saturated heterocycles. The van der Waals surface area contributed by atoms with Gasteiger partial charge in [0.15, 0.2) is 5.92 Å². The number of rotatable bonds is 4. The quantitative estimate of drug-likeness (QED) is 0.598. The molecule has 4 nitrogen and oxygen atoms in total. The fourth-order valence-electron chi connectivity index (χ4n) is 1.13. The predicted molar refractivity (Wildman–Crippen MR) is 56.8 cm³/mol. The van der Waals surface area contributed by atoms with Gasteiger partial charge in [0.2, 0.25) is 0 Å². The van der Waals surface area contributed by atoms with Crippen LogP contribution in [-0.4, -0.2) is 28.3 Å². The molecule has 0 unspecified atom stereocenters. The lowest BCUT2D eigenvalue weighted by atomic mass is 9.95. The van der Waals surface area contributed by atoms with Gasteiger partial charge < -0.3 is 9.84 Å². The normalized spacial score (nSPS) is 14.4. The van der Waals surface area contributed by atoms with Gasteiger partial charge in [-0.25, -0.2) is 4.39 Å². The highest BCUT2D eigenvalue weighted by Crippen LogP contribution is 2.23. The largest absolute Gasteiger partial charge is 0.481 e. The number of ether oxygens (including phenoxy) is 1. The Kier molecular flexibility index (Phi) is 4.46. The number of carboxylic acid groups (broad SMARTS) is 1. The van der Waals surface area contributed by atoms with Crippen molar-refractivity contribution >= 4 is 11.9 Å². The second-order valence-electron chi connectivity index (χ2n) is 5.35. The summed E-state index contributed by atoms with van der Waals surface area (Å²) in [5.41, 5.74) is -2.49. The minimum atomic E-state index is -1.72. The SMILES string of the molecule is CC(C)(F)C[C@@H](C(=O)O)C(=O)OC(C)(C)C. The molecular weight excluding hydrogens is 215 g/mol. The fraction of sp³-hybridized carbons (Fsp3) is 0.818. The van der Waals surface area contributed by atoms with Crippen LogP contribution in [-0.2, 0) is 14.3 Å². The lowest BCUT2D eigenvalue weighted by Gasteiger charge is -2.24. The van der Waals surface area contributed by atoms with Crippen molar-refractivity contribution < 1.29 is 23.8 Å². The summed E-state index contributed by atoms with van der Waals surface area (Å²) in [6, 6.07) is 0. The van der Waals surface area contributed by atoms with E-state index in [0.29, 0.717) is 0 Å². The maximum absolute atomic E-state index is 13.3. The van der Waals surface area contributed by atoms with Crippen molar-refractivity contribution in [1.82, 2.24) is 0 Å². The van der Waals surface area contributed by atoms with Gasteiger partial charge in [0.1, 0.15) is 11.3 Å². The van der Waals surface area contributed by atoms with Crippen LogP contribution in [0.25, 0.3) is 0 Å². The highest BCUT2D eigenvalue weighted by molar-refractivity contribution is 5.94. The molecule has 16 heavy (non-hydrogen) atoms. The van der Waals surface area contributed by atoms with E-state index in [1.54, 1.807) is 20.8 Å². The van der Waals surface area contributed by atoms with Crippen LogP contribution >= 0.6 is 0 Å². The van der Waals surface area contributed by atoms with Crippen LogP contribution in [0.1, 0.15) is 41.0 Å². The minimum Gasteiger partial charge on any atom is -0.481 e. The number of aliphatic carboxylic acids is 1. The predicted octanol–water partition coefficient (Wildman–Crippen LogP) is 2.17. The third-order valence-corrected chi connectivity index (χ3v) is 1.68. The highest BCUT2D eigenvalue weighted by atomic mass is 19.1. The number of halogens is 1. The summed E-state index contributed by atoms with van der Waals surface area (Å²) in [5.74, 6) is -3.72. The summed E-state index contributed by atoms with van der Waals surface area (Å²) in [6.45, 7) is 7.35. The Morgan fingerprint density at radius 2 is 1.69 bits per heavy atom. The van der Waals surface area contributed by atoms with Crippen LogP contribution in [0.15, 0.2) is 0 Å². The highest BCUT2D eigenvalue weighted by Gasteiger charge is 2.36. The van der Waals surface area contributed by atoms with Crippen molar-refractivity contribution in [3.63, 3.8) is 0 Å². The molecule has 94 valence electrons. The lowest BCUT2D eigenvalue weighted by molar-refractivity contribution is -0.168. The van der Waals surface area contributed by atoms with E-state index in [0.717, 1.165) is 0 Å². The zero-order valence-corrected chi connectivity index (χ0v) is 10.3. The van der Waals surface area contributed by atoms with Crippen LogP contribution in [0.5, 0.6) is 0 Å². The number of alkyl halides is 1. The van der Waals surface area contributed by atoms with Gasteiger partial charge in [0.05, 0.1) is 0 Å². The van der Waals surface area contributed by atoms with E-state index in [4.69, 9.17) is 9.84 Å². The first-order valence-electron chi connectivity index (χ1n) is 5.07. The molecule has 0 aliphatic rings. The second kappa shape index (κ2) is 4.80. The molecule has 0 saturated carbocycles. The lowest BCUT2D eigenvalue weighted by Crippen LogP contribution is -2.36. The van der Waals surface area contributed by atoms with Crippen LogP contribution in [0, 0.1) is 5.92 Å². The van der Waals surface area contributed by atoms with E-state index >= 15 is 0 Å². The van der Waals surface area contributed by atoms with E-state index in [9.17, 15) is 14.0 Å². The van der Waals surface area contributed by atoms with Gasteiger partial charge in [-0.05, 0) is 34.6 Å². The molecule has 0 aromatic rings. The summed E-state index contributed by atoms with van der Waals surface area (Å²) in [5, 5.41) is 8.84. The number of carbonyl (C=O) groups is 2. The molecular formula is C11H19FO4. The second-order valence-corrected chi connectivity index (χ2v) is 5.35. The van der Waals surface area contributed by atoms with Crippen LogP contribution < -0.4 is 0 Å². The summed E-state index contributed by atoms with van der Waals surface area (Å²) >= 11 is 0. The van der Waals surface area contributed by atoms with E-state index in [1.165, 1.54) is 13.8 Å². The summed E-state index contributed by atoms with van der Waals surface area (Å²) in [7, 11) is 0. The molecule has 1 atom stereocenters. The molecule has 1 N–H and O–H groups in total. The first-order chi connectivity index (χ1) is 6.92. The van der Waals surface area contributed by atoms with Crippen molar-refractivity contribution in [1.29, 1.82) is 0 Å². The minimum absolute atomic E-state index is 0.392. The molecule has 0 bridgehead atoms. The summed E-state index contributed by atoms with van der Waals surface area (Å²) in [6.07, 6.45) is -0.392. The third-order valence-electron chi connectivity index (χ3n) is 1.68. The Morgan fingerprint density at radius 3 is 1.94 bits per heavy atom. The topological polar surface area (TPSA) is 63.6 Å². The Morgan fingerprint density at radius 1 is 1.25 bits per heavy atom. The maximum atomic E-state index is 13.3. The zero-order chi connectivity index (χ0) is 13.1.